The van der Waals surface area contributed by atoms with Crippen molar-refractivity contribution in [1.82, 2.24) is 4.98 Å². The van der Waals surface area contributed by atoms with Crippen LogP contribution in [0.15, 0.2) is 6.07 Å². The minimum Gasteiger partial charge on any atom is -0.465 e. The van der Waals surface area contributed by atoms with Crippen LogP contribution in [0.25, 0.3) is 0 Å². The van der Waals surface area contributed by atoms with Crippen molar-refractivity contribution in [3.63, 3.8) is 0 Å². The molecule has 0 aliphatic heterocycles. The third-order valence-electron chi connectivity index (χ3n) is 1.63. The molecule has 5 heteroatoms. The van der Waals surface area contributed by atoms with E-state index in [0.29, 0.717) is 11.3 Å². The van der Waals surface area contributed by atoms with Crippen LogP contribution in [-0.4, -0.2) is 23.3 Å². The van der Waals surface area contributed by atoms with Gasteiger partial charge in [-0.15, -0.1) is 0 Å². The fourth-order valence-electron chi connectivity index (χ4n) is 0.986. The van der Waals surface area contributed by atoms with Gasteiger partial charge in [-0.25, -0.2) is 4.79 Å². The van der Waals surface area contributed by atoms with Crippen molar-refractivity contribution in [2.24, 2.45) is 0 Å². The van der Waals surface area contributed by atoms with Gasteiger partial charge in [0.05, 0.1) is 18.4 Å². The van der Waals surface area contributed by atoms with Gasteiger partial charge >= 0.3 is 5.97 Å². The van der Waals surface area contributed by atoms with E-state index in [9.17, 15) is 9.59 Å². The Kier molecular flexibility index (Phi) is 2.72. The highest BCUT2D eigenvalue weighted by molar-refractivity contribution is 6.67. The van der Waals surface area contributed by atoms with E-state index in [0.717, 1.165) is 0 Å². The number of rotatable bonds is 2. The fraction of sp³-hybridized carbons (Fsp3) is 0.250. The van der Waals surface area contributed by atoms with Gasteiger partial charge < -0.3 is 9.72 Å². The molecule has 0 spiro atoms. The maximum Gasteiger partial charge on any atom is 0.339 e. The Morgan fingerprint density at radius 1 is 1.54 bits per heavy atom. The van der Waals surface area contributed by atoms with E-state index in [1.807, 2.05) is 0 Å². The van der Waals surface area contributed by atoms with Crippen molar-refractivity contribution >= 4 is 22.8 Å². The summed E-state index contributed by atoms with van der Waals surface area (Å²) in [7, 11) is 1.27. The normalized spacial score (nSPS) is 9.77. The Balaban J connectivity index is 3.10. The number of carbonyl (C=O) groups excluding carboxylic acids is 2. The molecule has 1 heterocycles. The van der Waals surface area contributed by atoms with Crippen LogP contribution in [0.2, 0.25) is 0 Å². The minimum atomic E-state index is -0.627. The van der Waals surface area contributed by atoms with Crippen molar-refractivity contribution in [2.45, 2.75) is 6.92 Å². The highest BCUT2D eigenvalue weighted by Gasteiger charge is 2.15. The number of aryl methyl sites for hydroxylation is 1. The van der Waals surface area contributed by atoms with Crippen molar-refractivity contribution in [3.05, 3.63) is 23.0 Å². The largest absolute Gasteiger partial charge is 0.465 e. The van der Waals surface area contributed by atoms with Gasteiger partial charge in [-0.2, -0.15) is 0 Å². The molecule has 70 valence electrons. The Morgan fingerprint density at radius 3 is 2.54 bits per heavy atom. The number of hydrogen-bond acceptors (Lipinski definition) is 3. The summed E-state index contributed by atoms with van der Waals surface area (Å²) in [5, 5.41) is -0.627. The predicted molar refractivity (Wildman–Crippen MR) is 47.1 cm³/mol. The first-order valence-electron chi connectivity index (χ1n) is 3.54. The minimum absolute atomic E-state index is 0.194. The average Bonchev–Trinajstić information content (AvgIpc) is 2.46. The molecule has 1 rings (SSSR count). The summed E-state index contributed by atoms with van der Waals surface area (Å²) in [6.45, 7) is 1.66. The van der Waals surface area contributed by atoms with Crippen LogP contribution in [0, 0.1) is 6.92 Å². The lowest BCUT2D eigenvalue weighted by molar-refractivity contribution is 0.0600. The zero-order valence-electron chi connectivity index (χ0n) is 7.18. The van der Waals surface area contributed by atoms with E-state index in [2.05, 4.69) is 9.72 Å². The molecule has 4 nitrogen and oxygen atoms in total. The number of aromatic nitrogens is 1. The van der Waals surface area contributed by atoms with Crippen LogP contribution in [0.3, 0.4) is 0 Å². The third-order valence-corrected chi connectivity index (χ3v) is 1.84. The number of ether oxygens (including phenoxy) is 1. The molecular weight excluding hydrogens is 194 g/mol. The van der Waals surface area contributed by atoms with Crippen LogP contribution >= 0.6 is 11.6 Å². The first kappa shape index (κ1) is 9.80. The van der Waals surface area contributed by atoms with Gasteiger partial charge in [0.1, 0.15) is 0 Å². The maximum atomic E-state index is 11.1. The number of hydrogen-bond donors (Lipinski definition) is 1. The average molecular weight is 202 g/mol. The smallest absolute Gasteiger partial charge is 0.339 e. The molecule has 0 fully saturated rings. The summed E-state index contributed by atoms with van der Waals surface area (Å²) in [5.74, 6) is -0.488. The summed E-state index contributed by atoms with van der Waals surface area (Å²) in [6, 6.07) is 1.37. The number of halogens is 1. The number of methoxy groups -OCH3 is 1. The molecule has 0 aliphatic carbocycles. The highest BCUT2D eigenvalue weighted by Crippen LogP contribution is 2.12. The second-order valence-corrected chi connectivity index (χ2v) is 2.83. The predicted octanol–water partition coefficient (Wildman–Crippen LogP) is 1.49. The number of carbonyl (C=O) groups is 2. The van der Waals surface area contributed by atoms with Gasteiger partial charge in [-0.1, -0.05) is 0 Å². The van der Waals surface area contributed by atoms with Gasteiger partial charge in [-0.3, -0.25) is 4.79 Å². The zero-order valence-corrected chi connectivity index (χ0v) is 7.94. The van der Waals surface area contributed by atoms with Crippen molar-refractivity contribution in [2.75, 3.05) is 7.11 Å². The van der Waals surface area contributed by atoms with Gasteiger partial charge in [0, 0.05) is 5.69 Å². The lowest BCUT2D eigenvalue weighted by Gasteiger charge is -1.94. The molecule has 0 aliphatic rings. The molecule has 1 aromatic heterocycles. The summed E-state index contributed by atoms with van der Waals surface area (Å²) < 4.78 is 4.50. The van der Waals surface area contributed by atoms with E-state index in [1.165, 1.54) is 13.2 Å². The number of nitrogens with one attached hydrogen (secondary N) is 1. The highest BCUT2D eigenvalue weighted by atomic mass is 35.5. The molecule has 1 N–H and O–H groups in total. The van der Waals surface area contributed by atoms with Crippen LogP contribution in [-0.2, 0) is 4.74 Å². The second kappa shape index (κ2) is 3.62. The van der Waals surface area contributed by atoms with Crippen molar-refractivity contribution < 1.29 is 14.3 Å². The van der Waals surface area contributed by atoms with Gasteiger partial charge in [0.15, 0.2) is 0 Å². The molecule has 0 atom stereocenters. The van der Waals surface area contributed by atoms with Crippen LogP contribution in [0.1, 0.15) is 26.5 Å². The fourth-order valence-corrected chi connectivity index (χ4v) is 1.09. The molecule has 0 bridgehead atoms. The molecular formula is C8H8ClNO3. The zero-order chi connectivity index (χ0) is 10.0. The summed E-state index contributed by atoms with van der Waals surface area (Å²) in [5.41, 5.74) is 1.09. The molecule has 0 saturated carbocycles. The molecule has 13 heavy (non-hydrogen) atoms. The second-order valence-electron chi connectivity index (χ2n) is 2.49. The summed E-state index contributed by atoms with van der Waals surface area (Å²) in [4.78, 5) is 24.5. The van der Waals surface area contributed by atoms with Gasteiger partial charge in [-0.05, 0) is 24.6 Å². The molecule has 0 radical (unpaired) electrons. The number of aromatic amines is 1. The Morgan fingerprint density at radius 2 is 2.15 bits per heavy atom. The van der Waals surface area contributed by atoms with Gasteiger partial charge in [0.2, 0.25) is 0 Å². The first-order valence-corrected chi connectivity index (χ1v) is 3.91. The Bertz CT molecular complexity index is 356. The molecule has 1 aromatic rings. The van der Waals surface area contributed by atoms with E-state index in [-0.39, 0.29) is 5.69 Å². The van der Waals surface area contributed by atoms with Crippen LogP contribution in [0.4, 0.5) is 0 Å². The topological polar surface area (TPSA) is 59.2 Å². The van der Waals surface area contributed by atoms with Crippen molar-refractivity contribution in [1.29, 1.82) is 0 Å². The van der Waals surface area contributed by atoms with E-state index in [4.69, 9.17) is 11.6 Å². The first-order chi connectivity index (χ1) is 6.06. The maximum absolute atomic E-state index is 11.1. The monoisotopic (exact) mass is 201 g/mol. The van der Waals surface area contributed by atoms with Crippen LogP contribution in [0.5, 0.6) is 0 Å². The lowest BCUT2D eigenvalue weighted by atomic mass is 10.2. The SMILES string of the molecule is COC(=O)c1cc(C(=O)Cl)[nH]c1C. The third kappa shape index (κ3) is 1.89. The molecule has 0 saturated heterocycles. The van der Waals surface area contributed by atoms with Crippen LogP contribution < -0.4 is 0 Å². The summed E-state index contributed by atoms with van der Waals surface area (Å²) in [6.07, 6.45) is 0. The summed E-state index contributed by atoms with van der Waals surface area (Å²) >= 11 is 5.21. The lowest BCUT2D eigenvalue weighted by Crippen LogP contribution is -2.00. The number of H-pyrrole nitrogens is 1. The molecule has 0 amide bonds. The Hall–Kier alpha value is -1.29. The number of esters is 1. The van der Waals surface area contributed by atoms with Gasteiger partial charge in [0.25, 0.3) is 5.24 Å². The molecule has 0 aromatic carbocycles. The van der Waals surface area contributed by atoms with E-state index >= 15 is 0 Å². The Labute approximate surface area is 79.8 Å². The molecule has 0 unspecified atom stereocenters. The van der Waals surface area contributed by atoms with E-state index in [1.54, 1.807) is 6.92 Å². The van der Waals surface area contributed by atoms with Crippen molar-refractivity contribution in [3.8, 4) is 0 Å². The van der Waals surface area contributed by atoms with E-state index < -0.39 is 11.2 Å². The standard InChI is InChI=1S/C8H8ClNO3/c1-4-5(8(12)13-2)3-6(10-4)7(9)11/h3,10H,1-2H3. The quantitative estimate of drug-likeness (QED) is 0.583.